The van der Waals surface area contributed by atoms with Crippen LogP contribution in [0.1, 0.15) is 37.8 Å². The fourth-order valence-electron chi connectivity index (χ4n) is 2.58. The standard InChI is InChI=1S/C17H23N3O3/c1-13(14-7-3-2-4-8-14)19-17(23)16(22)18-10-6-12-20-11-5-9-15(20)21/h2-4,7-8,13H,5-6,9-12H2,1H3,(H,18,22)(H,19,23). The number of likely N-dealkylation sites (tertiary alicyclic amines) is 1. The number of nitrogens with one attached hydrogen (secondary N) is 2. The minimum absolute atomic E-state index is 0.172. The Morgan fingerprint density at radius 1 is 1.22 bits per heavy atom. The average molecular weight is 317 g/mol. The first-order chi connectivity index (χ1) is 11.1. The second-order valence-corrected chi connectivity index (χ2v) is 5.70. The molecular weight excluding hydrogens is 294 g/mol. The third-order valence-corrected chi connectivity index (χ3v) is 3.92. The van der Waals surface area contributed by atoms with Crippen molar-refractivity contribution in [1.29, 1.82) is 0 Å². The summed E-state index contributed by atoms with van der Waals surface area (Å²) in [6.07, 6.45) is 2.18. The van der Waals surface area contributed by atoms with Gasteiger partial charge in [-0.3, -0.25) is 14.4 Å². The molecule has 23 heavy (non-hydrogen) atoms. The van der Waals surface area contributed by atoms with Gasteiger partial charge in [0.1, 0.15) is 0 Å². The minimum atomic E-state index is -0.640. The first-order valence-electron chi connectivity index (χ1n) is 7.99. The van der Waals surface area contributed by atoms with Gasteiger partial charge in [0.05, 0.1) is 6.04 Å². The number of benzene rings is 1. The van der Waals surface area contributed by atoms with Gasteiger partial charge in [-0.05, 0) is 25.3 Å². The molecule has 1 aromatic rings. The molecule has 3 amide bonds. The Morgan fingerprint density at radius 3 is 2.61 bits per heavy atom. The molecule has 0 radical (unpaired) electrons. The lowest BCUT2D eigenvalue weighted by Gasteiger charge is -2.16. The van der Waals surface area contributed by atoms with Crippen LogP contribution in [0.25, 0.3) is 0 Å². The Balaban J connectivity index is 1.66. The van der Waals surface area contributed by atoms with Crippen molar-refractivity contribution in [3.8, 4) is 0 Å². The summed E-state index contributed by atoms with van der Waals surface area (Å²) >= 11 is 0. The molecular formula is C17H23N3O3. The summed E-state index contributed by atoms with van der Waals surface area (Å²) in [5.41, 5.74) is 0.946. The van der Waals surface area contributed by atoms with Crippen LogP contribution in [0.2, 0.25) is 0 Å². The molecule has 1 atom stereocenters. The number of hydrogen-bond donors (Lipinski definition) is 2. The molecule has 6 nitrogen and oxygen atoms in total. The van der Waals surface area contributed by atoms with Crippen LogP contribution in [0, 0.1) is 0 Å². The number of hydrogen-bond acceptors (Lipinski definition) is 3. The van der Waals surface area contributed by atoms with E-state index in [1.54, 1.807) is 4.90 Å². The van der Waals surface area contributed by atoms with Crippen LogP contribution in [0.5, 0.6) is 0 Å². The van der Waals surface area contributed by atoms with Gasteiger partial charge >= 0.3 is 11.8 Å². The van der Waals surface area contributed by atoms with Gasteiger partial charge in [0.2, 0.25) is 5.91 Å². The molecule has 1 saturated heterocycles. The number of rotatable bonds is 6. The van der Waals surface area contributed by atoms with Crippen LogP contribution < -0.4 is 10.6 Å². The molecule has 1 aromatic carbocycles. The van der Waals surface area contributed by atoms with E-state index in [4.69, 9.17) is 0 Å². The highest BCUT2D eigenvalue weighted by Crippen LogP contribution is 2.11. The molecule has 1 fully saturated rings. The maximum absolute atomic E-state index is 11.8. The number of carbonyl (C=O) groups excluding carboxylic acids is 3. The highest BCUT2D eigenvalue weighted by molar-refractivity contribution is 6.35. The molecule has 1 heterocycles. The van der Waals surface area contributed by atoms with Crippen LogP contribution in [0.15, 0.2) is 30.3 Å². The lowest BCUT2D eigenvalue weighted by molar-refractivity contribution is -0.139. The van der Waals surface area contributed by atoms with Crippen molar-refractivity contribution in [2.75, 3.05) is 19.6 Å². The normalized spacial score (nSPS) is 15.3. The first-order valence-corrected chi connectivity index (χ1v) is 7.99. The van der Waals surface area contributed by atoms with Crippen molar-refractivity contribution in [1.82, 2.24) is 15.5 Å². The summed E-state index contributed by atoms with van der Waals surface area (Å²) in [5, 5.41) is 5.26. The summed E-state index contributed by atoms with van der Waals surface area (Å²) in [6.45, 7) is 3.64. The van der Waals surface area contributed by atoms with E-state index in [0.717, 1.165) is 18.5 Å². The summed E-state index contributed by atoms with van der Waals surface area (Å²) < 4.78 is 0. The smallest absolute Gasteiger partial charge is 0.309 e. The zero-order chi connectivity index (χ0) is 16.7. The van der Waals surface area contributed by atoms with E-state index >= 15 is 0 Å². The Morgan fingerprint density at radius 2 is 1.96 bits per heavy atom. The van der Waals surface area contributed by atoms with Crippen LogP contribution in [0.3, 0.4) is 0 Å². The van der Waals surface area contributed by atoms with Crippen LogP contribution in [-0.2, 0) is 14.4 Å². The predicted molar refractivity (Wildman–Crippen MR) is 86.4 cm³/mol. The van der Waals surface area contributed by atoms with E-state index in [2.05, 4.69) is 10.6 Å². The average Bonchev–Trinajstić information content (AvgIpc) is 2.97. The van der Waals surface area contributed by atoms with Gasteiger partial charge in [0.15, 0.2) is 0 Å². The largest absolute Gasteiger partial charge is 0.348 e. The van der Waals surface area contributed by atoms with Gasteiger partial charge < -0.3 is 15.5 Å². The van der Waals surface area contributed by atoms with Gasteiger partial charge in [-0.25, -0.2) is 0 Å². The number of amides is 3. The van der Waals surface area contributed by atoms with Crippen molar-refractivity contribution in [3.05, 3.63) is 35.9 Å². The predicted octanol–water partition coefficient (Wildman–Crippen LogP) is 0.993. The Bertz CT molecular complexity index is 559. The molecule has 0 aliphatic carbocycles. The van der Waals surface area contributed by atoms with Gasteiger partial charge in [-0.15, -0.1) is 0 Å². The molecule has 1 unspecified atom stereocenters. The van der Waals surface area contributed by atoms with Crippen molar-refractivity contribution in [2.24, 2.45) is 0 Å². The molecule has 1 aliphatic heterocycles. The third kappa shape index (κ3) is 5.09. The minimum Gasteiger partial charge on any atom is -0.348 e. The third-order valence-electron chi connectivity index (χ3n) is 3.92. The Kier molecular flexibility index (Phi) is 6.14. The van der Waals surface area contributed by atoms with Crippen LogP contribution in [-0.4, -0.2) is 42.3 Å². The molecule has 0 bridgehead atoms. The second-order valence-electron chi connectivity index (χ2n) is 5.70. The maximum atomic E-state index is 11.8. The van der Waals surface area contributed by atoms with Crippen molar-refractivity contribution < 1.29 is 14.4 Å². The molecule has 124 valence electrons. The fraction of sp³-hybridized carbons (Fsp3) is 0.471. The van der Waals surface area contributed by atoms with E-state index in [0.29, 0.717) is 25.9 Å². The Hall–Kier alpha value is -2.37. The molecule has 0 spiro atoms. The van der Waals surface area contributed by atoms with Gasteiger partial charge in [-0.2, -0.15) is 0 Å². The molecule has 0 aromatic heterocycles. The molecule has 1 aliphatic rings. The Labute approximate surface area is 136 Å². The zero-order valence-corrected chi connectivity index (χ0v) is 13.4. The highest BCUT2D eigenvalue weighted by Gasteiger charge is 2.20. The topological polar surface area (TPSA) is 78.5 Å². The van der Waals surface area contributed by atoms with Gasteiger partial charge in [-0.1, -0.05) is 30.3 Å². The monoisotopic (exact) mass is 317 g/mol. The highest BCUT2D eigenvalue weighted by atomic mass is 16.2. The fourth-order valence-corrected chi connectivity index (χ4v) is 2.58. The SMILES string of the molecule is CC(NC(=O)C(=O)NCCCN1CCCC1=O)c1ccccc1. The quantitative estimate of drug-likeness (QED) is 0.607. The van der Waals surface area contributed by atoms with E-state index < -0.39 is 11.8 Å². The summed E-state index contributed by atoms with van der Waals surface area (Å²) in [4.78, 5) is 36.8. The summed E-state index contributed by atoms with van der Waals surface area (Å²) in [5.74, 6) is -1.11. The van der Waals surface area contributed by atoms with E-state index in [1.807, 2.05) is 37.3 Å². The van der Waals surface area contributed by atoms with Gasteiger partial charge in [0.25, 0.3) is 0 Å². The van der Waals surface area contributed by atoms with Crippen LogP contribution in [0.4, 0.5) is 0 Å². The summed E-state index contributed by atoms with van der Waals surface area (Å²) in [6, 6.07) is 9.24. The van der Waals surface area contributed by atoms with E-state index in [9.17, 15) is 14.4 Å². The van der Waals surface area contributed by atoms with Crippen molar-refractivity contribution >= 4 is 17.7 Å². The lowest BCUT2D eigenvalue weighted by atomic mass is 10.1. The maximum Gasteiger partial charge on any atom is 0.309 e. The van der Waals surface area contributed by atoms with E-state index in [1.165, 1.54) is 0 Å². The number of nitrogens with zero attached hydrogens (tertiary/aromatic N) is 1. The van der Waals surface area contributed by atoms with E-state index in [-0.39, 0.29) is 11.9 Å². The first kappa shape index (κ1) is 17.0. The lowest BCUT2D eigenvalue weighted by Crippen LogP contribution is -2.41. The molecule has 6 heteroatoms. The molecule has 2 rings (SSSR count). The number of carbonyl (C=O) groups is 3. The second kappa shape index (κ2) is 8.31. The van der Waals surface area contributed by atoms with Crippen molar-refractivity contribution in [3.63, 3.8) is 0 Å². The summed E-state index contributed by atoms with van der Waals surface area (Å²) in [7, 11) is 0. The van der Waals surface area contributed by atoms with Crippen molar-refractivity contribution in [2.45, 2.75) is 32.2 Å². The van der Waals surface area contributed by atoms with Gasteiger partial charge in [0, 0.05) is 26.1 Å². The zero-order valence-electron chi connectivity index (χ0n) is 13.4. The van der Waals surface area contributed by atoms with Crippen LogP contribution >= 0.6 is 0 Å². The molecule has 0 saturated carbocycles. The molecule has 2 N–H and O–H groups in total.